The molecule has 0 fully saturated rings. The monoisotopic (exact) mass is 315 g/mol. The highest BCUT2D eigenvalue weighted by Gasteiger charge is 2.27. The molecule has 6 heteroatoms. The Morgan fingerprint density at radius 1 is 1.04 bits per heavy atom. The van der Waals surface area contributed by atoms with Crippen molar-refractivity contribution in [3.63, 3.8) is 0 Å². The van der Waals surface area contributed by atoms with Crippen molar-refractivity contribution in [1.82, 2.24) is 4.98 Å². The smallest absolute Gasteiger partial charge is 0.338 e. The van der Waals surface area contributed by atoms with Crippen LogP contribution in [0.25, 0.3) is 11.1 Å². The first-order valence-corrected chi connectivity index (χ1v) is 6.92. The molecule has 0 saturated heterocycles. The Morgan fingerprint density at radius 2 is 1.61 bits per heavy atom. The van der Waals surface area contributed by atoms with Crippen LogP contribution in [0, 0.1) is 13.8 Å². The van der Waals surface area contributed by atoms with Gasteiger partial charge in [0.05, 0.1) is 29.1 Å². The zero-order valence-corrected chi connectivity index (χ0v) is 13.1. The van der Waals surface area contributed by atoms with Gasteiger partial charge in [0.25, 0.3) is 0 Å². The number of carbonyl (C=O) groups is 2. The molecule has 6 nitrogen and oxygen atoms in total. The summed E-state index contributed by atoms with van der Waals surface area (Å²) in [6.07, 6.45) is 0. The van der Waals surface area contributed by atoms with E-state index in [1.807, 2.05) is 6.92 Å². The Morgan fingerprint density at radius 3 is 2.09 bits per heavy atom. The molecule has 1 aromatic heterocycles. The van der Waals surface area contributed by atoms with Gasteiger partial charge in [-0.2, -0.15) is 0 Å². The molecule has 0 aliphatic carbocycles. The van der Waals surface area contributed by atoms with Crippen LogP contribution >= 0.6 is 0 Å². The van der Waals surface area contributed by atoms with Crippen LogP contribution in [0.4, 0.5) is 0 Å². The zero-order chi connectivity index (χ0) is 17.1. The molecule has 2 aromatic rings. The Bertz CT molecular complexity index is 766. The molecule has 1 aromatic carbocycles. The second-order valence-corrected chi connectivity index (χ2v) is 5.18. The number of pyridine rings is 1. The van der Waals surface area contributed by atoms with E-state index in [9.17, 15) is 19.8 Å². The Labute approximate surface area is 133 Å². The maximum atomic E-state index is 11.8. The number of ether oxygens (including phenoxy) is 1. The fourth-order valence-electron chi connectivity index (χ4n) is 2.51. The number of aromatic carboxylic acids is 2. The summed E-state index contributed by atoms with van der Waals surface area (Å²) >= 11 is 0. The summed E-state index contributed by atoms with van der Waals surface area (Å²) in [6, 6.07) is 7.02. The van der Waals surface area contributed by atoms with Gasteiger partial charge in [-0.15, -0.1) is 0 Å². The molecule has 2 rings (SSSR count). The maximum Gasteiger partial charge on any atom is 0.338 e. The number of nitrogens with zero attached hydrogens (tertiary/aromatic N) is 1. The number of rotatable bonds is 5. The lowest BCUT2D eigenvalue weighted by atomic mass is 9.92. The Kier molecular flexibility index (Phi) is 4.76. The molecule has 0 bridgehead atoms. The third-order valence-corrected chi connectivity index (χ3v) is 3.50. The number of carboxylic acid groups (broad SMARTS) is 2. The summed E-state index contributed by atoms with van der Waals surface area (Å²) in [4.78, 5) is 27.5. The fraction of sp³-hybridized carbons (Fsp3) is 0.235. The van der Waals surface area contributed by atoms with Crippen molar-refractivity contribution >= 4 is 11.9 Å². The van der Waals surface area contributed by atoms with Gasteiger partial charge in [0.15, 0.2) is 0 Å². The molecule has 1 heterocycles. The standard InChI is InChI=1S/C17H17NO5/c1-9-4-6-11(7-5-9)14-13(16(19)20)10(2)18-12(8-23-3)15(14)17(21)22/h4-7H,8H2,1-3H3,(H,19,20)(H,21,22). The fourth-order valence-corrected chi connectivity index (χ4v) is 2.51. The third-order valence-electron chi connectivity index (χ3n) is 3.50. The van der Waals surface area contributed by atoms with Crippen molar-refractivity contribution in [3.05, 3.63) is 52.3 Å². The lowest BCUT2D eigenvalue weighted by Crippen LogP contribution is -2.15. The van der Waals surface area contributed by atoms with Crippen molar-refractivity contribution < 1.29 is 24.5 Å². The largest absolute Gasteiger partial charge is 0.478 e. The van der Waals surface area contributed by atoms with Crippen molar-refractivity contribution in [2.45, 2.75) is 20.5 Å². The van der Waals surface area contributed by atoms with Crippen LogP contribution in [0.5, 0.6) is 0 Å². The summed E-state index contributed by atoms with van der Waals surface area (Å²) in [5.41, 5.74) is 1.89. The van der Waals surface area contributed by atoms with Crippen molar-refractivity contribution in [2.24, 2.45) is 0 Å². The van der Waals surface area contributed by atoms with E-state index in [4.69, 9.17) is 4.74 Å². The molecule has 120 valence electrons. The van der Waals surface area contributed by atoms with E-state index < -0.39 is 11.9 Å². The zero-order valence-electron chi connectivity index (χ0n) is 13.1. The van der Waals surface area contributed by atoms with Crippen LogP contribution in [-0.4, -0.2) is 34.2 Å². The molecule has 0 aliphatic heterocycles. The van der Waals surface area contributed by atoms with Gasteiger partial charge in [-0.25, -0.2) is 9.59 Å². The number of methoxy groups -OCH3 is 1. The molecule has 0 saturated carbocycles. The average molecular weight is 315 g/mol. The molecular weight excluding hydrogens is 298 g/mol. The van der Waals surface area contributed by atoms with Gasteiger partial charge in [0.1, 0.15) is 0 Å². The van der Waals surface area contributed by atoms with Gasteiger partial charge >= 0.3 is 11.9 Å². The van der Waals surface area contributed by atoms with Gasteiger partial charge in [-0.05, 0) is 19.4 Å². The summed E-state index contributed by atoms with van der Waals surface area (Å²) in [6.45, 7) is 3.43. The molecule has 0 amide bonds. The second-order valence-electron chi connectivity index (χ2n) is 5.18. The predicted octanol–water partition coefficient (Wildman–Crippen LogP) is 2.91. The van der Waals surface area contributed by atoms with Gasteiger partial charge in [-0.3, -0.25) is 4.98 Å². The average Bonchev–Trinajstić information content (AvgIpc) is 2.46. The van der Waals surface area contributed by atoms with E-state index in [-0.39, 0.29) is 34.7 Å². The van der Waals surface area contributed by atoms with Gasteiger partial charge in [0.2, 0.25) is 0 Å². The summed E-state index contributed by atoms with van der Waals surface area (Å²) in [5.74, 6) is -2.44. The predicted molar refractivity (Wildman–Crippen MR) is 83.8 cm³/mol. The number of hydrogen-bond acceptors (Lipinski definition) is 4. The summed E-state index contributed by atoms with van der Waals surface area (Å²) in [5, 5.41) is 19.1. The highest BCUT2D eigenvalue weighted by Crippen LogP contribution is 2.32. The lowest BCUT2D eigenvalue weighted by molar-refractivity contribution is 0.0691. The molecule has 0 radical (unpaired) electrons. The minimum atomic E-state index is -1.23. The first-order chi connectivity index (χ1) is 10.9. The van der Waals surface area contributed by atoms with Crippen molar-refractivity contribution in [2.75, 3.05) is 7.11 Å². The second kappa shape index (κ2) is 6.58. The van der Waals surface area contributed by atoms with E-state index >= 15 is 0 Å². The molecule has 0 unspecified atom stereocenters. The van der Waals surface area contributed by atoms with Crippen molar-refractivity contribution in [3.8, 4) is 11.1 Å². The van der Waals surface area contributed by atoms with Crippen LogP contribution < -0.4 is 0 Å². The number of aryl methyl sites for hydroxylation is 2. The Hall–Kier alpha value is -2.73. The van der Waals surface area contributed by atoms with Gasteiger partial charge < -0.3 is 14.9 Å². The lowest BCUT2D eigenvalue weighted by Gasteiger charge is -2.16. The van der Waals surface area contributed by atoms with Crippen LogP contribution in [0.3, 0.4) is 0 Å². The number of hydrogen-bond donors (Lipinski definition) is 2. The van der Waals surface area contributed by atoms with E-state index in [1.54, 1.807) is 31.2 Å². The molecular formula is C17H17NO5. The van der Waals surface area contributed by atoms with E-state index in [1.165, 1.54) is 7.11 Å². The summed E-state index contributed by atoms with van der Waals surface area (Å²) < 4.78 is 5.01. The minimum absolute atomic E-state index is 0.0127. The van der Waals surface area contributed by atoms with E-state index in [0.29, 0.717) is 5.56 Å². The van der Waals surface area contributed by atoms with Crippen molar-refractivity contribution in [1.29, 1.82) is 0 Å². The highest BCUT2D eigenvalue weighted by atomic mass is 16.5. The van der Waals surface area contributed by atoms with E-state index in [2.05, 4.69) is 4.98 Å². The topological polar surface area (TPSA) is 96.7 Å². The molecule has 0 atom stereocenters. The highest BCUT2D eigenvalue weighted by molar-refractivity contribution is 6.06. The van der Waals surface area contributed by atoms with Crippen LogP contribution in [0.15, 0.2) is 24.3 Å². The summed E-state index contributed by atoms with van der Waals surface area (Å²) in [7, 11) is 1.43. The minimum Gasteiger partial charge on any atom is -0.478 e. The molecule has 23 heavy (non-hydrogen) atoms. The number of benzene rings is 1. The number of carboxylic acids is 2. The van der Waals surface area contributed by atoms with Gasteiger partial charge in [0, 0.05) is 12.7 Å². The normalized spacial score (nSPS) is 10.6. The Balaban J connectivity index is 2.90. The van der Waals surface area contributed by atoms with Crippen LogP contribution in [0.1, 0.15) is 37.7 Å². The van der Waals surface area contributed by atoms with Crippen LogP contribution in [-0.2, 0) is 11.3 Å². The molecule has 2 N–H and O–H groups in total. The first-order valence-electron chi connectivity index (χ1n) is 6.92. The quantitative estimate of drug-likeness (QED) is 0.880. The van der Waals surface area contributed by atoms with Gasteiger partial charge in [-0.1, -0.05) is 29.8 Å². The molecule has 0 spiro atoms. The van der Waals surface area contributed by atoms with Crippen LogP contribution in [0.2, 0.25) is 0 Å². The maximum absolute atomic E-state index is 11.8. The van der Waals surface area contributed by atoms with E-state index in [0.717, 1.165) is 5.56 Å². The molecule has 0 aliphatic rings. The SMILES string of the molecule is COCc1nc(C)c(C(=O)O)c(-c2ccc(C)cc2)c1C(=O)O. The number of aromatic nitrogens is 1. The first kappa shape index (κ1) is 16.6. The third kappa shape index (κ3) is 3.22.